The summed E-state index contributed by atoms with van der Waals surface area (Å²) in [5.41, 5.74) is 0.245. The third-order valence-corrected chi connectivity index (χ3v) is 2.99. The van der Waals surface area contributed by atoms with Gasteiger partial charge in [0.2, 0.25) is 0 Å². The summed E-state index contributed by atoms with van der Waals surface area (Å²) in [6.07, 6.45) is -1.25. The van der Waals surface area contributed by atoms with Crippen molar-refractivity contribution in [3.8, 4) is 11.5 Å². The first kappa shape index (κ1) is 13.9. The van der Waals surface area contributed by atoms with Crippen molar-refractivity contribution in [2.75, 3.05) is 7.11 Å². The fourth-order valence-electron chi connectivity index (χ4n) is 1.94. The number of phenolic OH excluding ortho intramolecular Hbond substituents is 2. The lowest BCUT2D eigenvalue weighted by molar-refractivity contribution is 0.0597. The second-order valence-corrected chi connectivity index (χ2v) is 4.20. The summed E-state index contributed by atoms with van der Waals surface area (Å²) >= 11 is 0. The van der Waals surface area contributed by atoms with Gasteiger partial charge in [-0.3, -0.25) is 0 Å². The zero-order chi connectivity index (χ0) is 14.7. The minimum absolute atomic E-state index is 0.115. The van der Waals surface area contributed by atoms with Gasteiger partial charge in [-0.05, 0) is 17.7 Å². The van der Waals surface area contributed by atoms with Gasteiger partial charge in [-0.25, -0.2) is 4.79 Å². The Labute approximate surface area is 115 Å². The standard InChI is InChI=1S/C15H14O5/c1-20-15(19)10-7-8-11(16)12(14(10)18)13(17)9-5-3-2-4-6-9/h2-8,13,16-18H,1H3. The van der Waals surface area contributed by atoms with Gasteiger partial charge in [0.25, 0.3) is 0 Å². The van der Waals surface area contributed by atoms with Gasteiger partial charge in [-0.15, -0.1) is 0 Å². The quantitative estimate of drug-likeness (QED) is 0.745. The van der Waals surface area contributed by atoms with E-state index in [1.807, 2.05) is 0 Å². The third kappa shape index (κ3) is 2.44. The van der Waals surface area contributed by atoms with Crippen LogP contribution in [0.3, 0.4) is 0 Å². The van der Waals surface area contributed by atoms with Gasteiger partial charge in [0.15, 0.2) is 0 Å². The van der Waals surface area contributed by atoms with Crippen molar-refractivity contribution in [3.05, 3.63) is 59.2 Å². The van der Waals surface area contributed by atoms with Crippen molar-refractivity contribution in [2.45, 2.75) is 6.10 Å². The second-order valence-electron chi connectivity index (χ2n) is 4.20. The van der Waals surface area contributed by atoms with E-state index in [1.165, 1.54) is 19.2 Å². The van der Waals surface area contributed by atoms with E-state index in [0.29, 0.717) is 5.56 Å². The van der Waals surface area contributed by atoms with Crippen molar-refractivity contribution in [1.29, 1.82) is 0 Å². The van der Waals surface area contributed by atoms with E-state index in [4.69, 9.17) is 0 Å². The molecule has 0 radical (unpaired) electrons. The minimum Gasteiger partial charge on any atom is -0.507 e. The molecule has 0 amide bonds. The molecule has 0 heterocycles. The van der Waals surface area contributed by atoms with Crippen LogP contribution in [0, 0.1) is 0 Å². The number of carbonyl (C=O) groups excluding carboxylic acids is 1. The summed E-state index contributed by atoms with van der Waals surface area (Å²) in [6.45, 7) is 0. The van der Waals surface area contributed by atoms with Crippen molar-refractivity contribution >= 4 is 5.97 Å². The Morgan fingerprint density at radius 2 is 1.75 bits per heavy atom. The smallest absolute Gasteiger partial charge is 0.341 e. The predicted molar refractivity (Wildman–Crippen MR) is 71.6 cm³/mol. The Balaban J connectivity index is 2.53. The van der Waals surface area contributed by atoms with Gasteiger partial charge in [-0.1, -0.05) is 30.3 Å². The van der Waals surface area contributed by atoms with Gasteiger partial charge in [0.05, 0.1) is 12.7 Å². The van der Waals surface area contributed by atoms with Gasteiger partial charge in [0, 0.05) is 0 Å². The maximum atomic E-state index is 11.5. The maximum Gasteiger partial charge on any atom is 0.341 e. The van der Waals surface area contributed by atoms with Crippen LogP contribution in [0.4, 0.5) is 0 Å². The lowest BCUT2D eigenvalue weighted by Crippen LogP contribution is -2.06. The number of hydrogen-bond acceptors (Lipinski definition) is 5. The molecule has 0 bridgehead atoms. The molecule has 5 nitrogen and oxygen atoms in total. The summed E-state index contributed by atoms with van der Waals surface area (Å²) < 4.78 is 4.54. The summed E-state index contributed by atoms with van der Waals surface area (Å²) in [5.74, 6) is -1.54. The molecule has 104 valence electrons. The maximum absolute atomic E-state index is 11.5. The number of ether oxygens (including phenoxy) is 1. The number of aliphatic hydroxyl groups is 1. The summed E-state index contributed by atoms with van der Waals surface area (Å²) in [7, 11) is 1.18. The SMILES string of the molecule is COC(=O)c1ccc(O)c(C(O)c2ccccc2)c1O. The molecule has 0 aromatic heterocycles. The number of methoxy groups -OCH3 is 1. The first-order valence-electron chi connectivity index (χ1n) is 5.92. The highest BCUT2D eigenvalue weighted by Gasteiger charge is 2.24. The van der Waals surface area contributed by atoms with E-state index in [2.05, 4.69) is 4.74 Å². The topological polar surface area (TPSA) is 87.0 Å². The van der Waals surface area contributed by atoms with E-state index in [-0.39, 0.29) is 16.9 Å². The highest BCUT2D eigenvalue weighted by molar-refractivity contribution is 5.93. The minimum atomic E-state index is -1.25. The normalized spacial score (nSPS) is 11.9. The number of esters is 1. The van der Waals surface area contributed by atoms with Crippen molar-refractivity contribution < 1.29 is 24.9 Å². The second kappa shape index (κ2) is 5.63. The third-order valence-electron chi connectivity index (χ3n) is 2.99. The van der Waals surface area contributed by atoms with E-state index in [9.17, 15) is 20.1 Å². The van der Waals surface area contributed by atoms with Crippen LogP contribution in [0.5, 0.6) is 11.5 Å². The number of aliphatic hydroxyl groups excluding tert-OH is 1. The summed E-state index contributed by atoms with van der Waals surface area (Å²) in [6, 6.07) is 11.0. The first-order valence-corrected chi connectivity index (χ1v) is 5.92. The molecule has 0 spiro atoms. The van der Waals surface area contributed by atoms with Crippen LogP contribution in [0.2, 0.25) is 0 Å². The van der Waals surface area contributed by atoms with Crippen LogP contribution in [0.1, 0.15) is 27.6 Å². The van der Waals surface area contributed by atoms with Gasteiger partial charge in [-0.2, -0.15) is 0 Å². The van der Waals surface area contributed by atoms with Crippen LogP contribution in [0.15, 0.2) is 42.5 Å². The van der Waals surface area contributed by atoms with Crippen LogP contribution in [0.25, 0.3) is 0 Å². The molecule has 2 aromatic rings. The fourth-order valence-corrected chi connectivity index (χ4v) is 1.94. The van der Waals surface area contributed by atoms with Gasteiger partial charge >= 0.3 is 5.97 Å². The molecular weight excluding hydrogens is 260 g/mol. The molecule has 0 aliphatic heterocycles. The average Bonchev–Trinajstić information content (AvgIpc) is 2.47. The molecule has 5 heteroatoms. The predicted octanol–water partition coefficient (Wildman–Crippen LogP) is 1.97. The number of hydrogen-bond donors (Lipinski definition) is 3. The van der Waals surface area contributed by atoms with E-state index < -0.39 is 17.8 Å². The van der Waals surface area contributed by atoms with Crippen LogP contribution < -0.4 is 0 Å². The number of rotatable bonds is 3. The monoisotopic (exact) mass is 274 g/mol. The molecule has 1 unspecified atom stereocenters. The number of aromatic hydroxyl groups is 2. The van der Waals surface area contributed by atoms with Crippen molar-refractivity contribution in [2.24, 2.45) is 0 Å². The van der Waals surface area contributed by atoms with Gasteiger partial charge < -0.3 is 20.1 Å². The molecule has 1 atom stereocenters. The summed E-state index contributed by atoms with van der Waals surface area (Å²) in [4.78, 5) is 11.5. The molecule has 2 rings (SSSR count). The number of benzene rings is 2. The Morgan fingerprint density at radius 3 is 2.35 bits per heavy atom. The zero-order valence-corrected chi connectivity index (χ0v) is 10.8. The largest absolute Gasteiger partial charge is 0.507 e. The lowest BCUT2D eigenvalue weighted by Gasteiger charge is -2.16. The van der Waals surface area contributed by atoms with Gasteiger partial charge in [0.1, 0.15) is 23.2 Å². The van der Waals surface area contributed by atoms with E-state index >= 15 is 0 Å². The van der Waals surface area contributed by atoms with Crippen LogP contribution in [-0.4, -0.2) is 28.4 Å². The highest BCUT2D eigenvalue weighted by Crippen LogP contribution is 2.38. The fraction of sp³-hybridized carbons (Fsp3) is 0.133. The van der Waals surface area contributed by atoms with Crippen molar-refractivity contribution in [1.82, 2.24) is 0 Å². The Hall–Kier alpha value is -2.53. The molecule has 0 aliphatic carbocycles. The van der Waals surface area contributed by atoms with Crippen LogP contribution in [-0.2, 0) is 4.74 Å². The van der Waals surface area contributed by atoms with Crippen molar-refractivity contribution in [3.63, 3.8) is 0 Å². The molecule has 2 aromatic carbocycles. The molecule has 0 aliphatic rings. The average molecular weight is 274 g/mol. The number of phenols is 2. The highest BCUT2D eigenvalue weighted by atomic mass is 16.5. The number of carbonyl (C=O) groups is 1. The zero-order valence-electron chi connectivity index (χ0n) is 10.8. The molecule has 0 saturated carbocycles. The Kier molecular flexibility index (Phi) is 3.91. The molecule has 0 fully saturated rings. The lowest BCUT2D eigenvalue weighted by atomic mass is 9.97. The Morgan fingerprint density at radius 1 is 1.10 bits per heavy atom. The first-order chi connectivity index (χ1) is 9.56. The molecule has 20 heavy (non-hydrogen) atoms. The van der Waals surface area contributed by atoms with Crippen LogP contribution >= 0.6 is 0 Å². The van der Waals surface area contributed by atoms with E-state index in [1.54, 1.807) is 30.3 Å². The molecule has 3 N–H and O–H groups in total. The molecular formula is C15H14O5. The summed E-state index contributed by atoms with van der Waals surface area (Å²) in [5, 5.41) is 30.2. The van der Waals surface area contributed by atoms with E-state index in [0.717, 1.165) is 0 Å². The Bertz CT molecular complexity index is 622. The molecule has 0 saturated heterocycles.